The van der Waals surface area contributed by atoms with Crippen molar-refractivity contribution in [2.24, 2.45) is 16.5 Å². The first-order chi connectivity index (χ1) is 20.7. The second-order valence-electron chi connectivity index (χ2n) is 13.1. The number of benzene rings is 2. The summed E-state index contributed by atoms with van der Waals surface area (Å²) in [6.07, 6.45) is -1.32. The second-order valence-corrected chi connectivity index (χ2v) is 13.1. The lowest BCUT2D eigenvalue weighted by atomic mass is 9.91. The quantitative estimate of drug-likeness (QED) is 0.246. The Hall–Kier alpha value is -4.65. The summed E-state index contributed by atoms with van der Waals surface area (Å²) in [5, 5.41) is 14.8. The van der Waals surface area contributed by atoms with Crippen LogP contribution < -0.4 is 22.1 Å². The highest BCUT2D eigenvalue weighted by atomic mass is 16.6. The first-order valence-corrected chi connectivity index (χ1v) is 14.6. The highest BCUT2D eigenvalue weighted by molar-refractivity contribution is 6.02. The van der Waals surface area contributed by atoms with Crippen LogP contribution in [0.2, 0.25) is 0 Å². The molecular weight excluding hydrogens is 580 g/mol. The van der Waals surface area contributed by atoms with Gasteiger partial charge in [0.25, 0.3) is 0 Å². The number of carbonyl (C=O) groups excluding carboxylic acids is 4. The lowest BCUT2D eigenvalue weighted by molar-refractivity contribution is -0.141. The first kappa shape index (κ1) is 34.8. The summed E-state index contributed by atoms with van der Waals surface area (Å²) in [7, 11) is 0. The van der Waals surface area contributed by atoms with Gasteiger partial charge in [0.2, 0.25) is 17.8 Å². The number of phenols is 1. The van der Waals surface area contributed by atoms with E-state index in [0.717, 1.165) is 22.3 Å². The molecule has 0 saturated carbocycles. The number of hydrogen-bond donors (Lipinski definition) is 5. The third-order valence-corrected chi connectivity index (χ3v) is 6.83. The number of hydrogen-bond acceptors (Lipinski definition) is 9. The molecule has 244 valence electrons. The number of phenolic OH excluding ortho intramolecular Hbond substituents is 1. The van der Waals surface area contributed by atoms with Crippen LogP contribution in [0, 0.1) is 13.8 Å². The van der Waals surface area contributed by atoms with Crippen LogP contribution in [0.25, 0.3) is 0 Å². The average molecular weight is 625 g/mol. The van der Waals surface area contributed by atoms with Crippen LogP contribution in [0.4, 0.5) is 15.3 Å². The number of aromatic hydroxyl groups is 1. The SMILES string of the molecule is Cc1cc(O)cc(C)c1C[C@H](N)C(=O)N1Cc2cc(N=C(NC(=O)OC(C)(C)C)NC(=O)OC(C)(C)C)ccc2C[C@H]1C(N)=O. The van der Waals surface area contributed by atoms with Crippen molar-refractivity contribution in [1.29, 1.82) is 0 Å². The predicted octanol–water partition coefficient (Wildman–Crippen LogP) is 3.35. The Morgan fingerprint density at radius 2 is 1.49 bits per heavy atom. The van der Waals surface area contributed by atoms with Gasteiger partial charge in [0.15, 0.2) is 0 Å². The third kappa shape index (κ3) is 9.93. The first-order valence-electron chi connectivity index (χ1n) is 14.6. The zero-order valence-corrected chi connectivity index (χ0v) is 27.1. The highest BCUT2D eigenvalue weighted by Crippen LogP contribution is 2.29. The molecule has 45 heavy (non-hydrogen) atoms. The van der Waals surface area contributed by atoms with Gasteiger partial charge in [-0.2, -0.15) is 0 Å². The molecule has 7 N–H and O–H groups in total. The van der Waals surface area contributed by atoms with E-state index in [1.165, 1.54) is 4.90 Å². The Morgan fingerprint density at radius 3 is 1.98 bits per heavy atom. The fraction of sp³-hybridized carbons (Fsp3) is 0.469. The number of fused-ring (bicyclic) bond motifs is 1. The number of ether oxygens (including phenoxy) is 2. The number of nitrogens with two attached hydrogens (primary N) is 2. The fourth-order valence-electron chi connectivity index (χ4n) is 4.96. The van der Waals surface area contributed by atoms with Gasteiger partial charge in [-0.25, -0.2) is 14.6 Å². The Labute approximate surface area is 263 Å². The minimum atomic E-state index is -0.973. The minimum absolute atomic E-state index is 0.0285. The maximum atomic E-state index is 13.6. The van der Waals surface area contributed by atoms with E-state index in [4.69, 9.17) is 20.9 Å². The van der Waals surface area contributed by atoms with Crippen LogP contribution in [-0.4, -0.2) is 63.3 Å². The molecule has 0 radical (unpaired) electrons. The number of rotatable bonds is 5. The molecule has 13 heteroatoms. The van der Waals surface area contributed by atoms with Crippen molar-refractivity contribution < 1.29 is 33.8 Å². The zero-order valence-electron chi connectivity index (χ0n) is 27.1. The number of primary amides is 1. The van der Waals surface area contributed by atoms with E-state index in [1.54, 1.807) is 71.9 Å². The highest BCUT2D eigenvalue weighted by Gasteiger charge is 2.36. The smallest absolute Gasteiger partial charge is 0.414 e. The second kappa shape index (κ2) is 13.6. The number of nitrogens with one attached hydrogen (secondary N) is 2. The molecule has 2 atom stereocenters. The lowest BCUT2D eigenvalue weighted by Crippen LogP contribution is -2.55. The minimum Gasteiger partial charge on any atom is -0.508 e. The number of aliphatic imine (C=N–C) groups is 1. The van der Waals surface area contributed by atoms with Crippen LogP contribution in [-0.2, 0) is 38.4 Å². The molecule has 0 aromatic heterocycles. The summed E-state index contributed by atoms with van der Waals surface area (Å²) in [4.78, 5) is 56.9. The Morgan fingerprint density at radius 1 is 0.956 bits per heavy atom. The predicted molar refractivity (Wildman–Crippen MR) is 169 cm³/mol. The Bertz CT molecular complexity index is 1450. The van der Waals surface area contributed by atoms with E-state index in [2.05, 4.69) is 15.6 Å². The van der Waals surface area contributed by atoms with E-state index >= 15 is 0 Å². The van der Waals surface area contributed by atoms with Crippen molar-refractivity contribution in [2.45, 2.75) is 98.1 Å². The van der Waals surface area contributed by atoms with Gasteiger partial charge in [0, 0.05) is 13.0 Å². The Balaban J connectivity index is 1.91. The van der Waals surface area contributed by atoms with Crippen LogP contribution in [0.15, 0.2) is 35.3 Å². The van der Waals surface area contributed by atoms with Crippen molar-refractivity contribution in [3.8, 4) is 5.75 Å². The fourth-order valence-corrected chi connectivity index (χ4v) is 4.96. The molecule has 0 spiro atoms. The summed E-state index contributed by atoms with van der Waals surface area (Å²) < 4.78 is 10.6. The number of nitrogens with zero attached hydrogens (tertiary/aromatic N) is 2. The van der Waals surface area contributed by atoms with Crippen LogP contribution in [0.5, 0.6) is 5.75 Å². The van der Waals surface area contributed by atoms with Gasteiger partial charge in [-0.05, 0) is 114 Å². The molecule has 2 aromatic carbocycles. The van der Waals surface area contributed by atoms with Gasteiger partial charge in [0.1, 0.15) is 23.0 Å². The maximum absolute atomic E-state index is 13.6. The topological polar surface area (TPSA) is 199 Å². The van der Waals surface area contributed by atoms with Crippen molar-refractivity contribution >= 4 is 35.6 Å². The number of alkyl carbamates (subject to hydrolysis) is 2. The monoisotopic (exact) mass is 624 g/mol. The average Bonchev–Trinajstić information content (AvgIpc) is 2.86. The van der Waals surface area contributed by atoms with Crippen LogP contribution in [0.1, 0.15) is 69.4 Å². The van der Waals surface area contributed by atoms with E-state index in [9.17, 15) is 24.3 Å². The van der Waals surface area contributed by atoms with Gasteiger partial charge in [-0.1, -0.05) is 6.07 Å². The van der Waals surface area contributed by atoms with Gasteiger partial charge < -0.3 is 30.9 Å². The summed E-state index contributed by atoms with van der Waals surface area (Å²) in [6.45, 7) is 13.8. The number of amides is 4. The molecule has 1 aliphatic heterocycles. The molecular formula is C32H44N6O7. The van der Waals surface area contributed by atoms with Gasteiger partial charge in [-0.3, -0.25) is 20.2 Å². The molecule has 0 bridgehead atoms. The largest absolute Gasteiger partial charge is 0.508 e. The van der Waals surface area contributed by atoms with E-state index < -0.39 is 47.3 Å². The lowest BCUT2D eigenvalue weighted by Gasteiger charge is -2.36. The van der Waals surface area contributed by atoms with Crippen molar-refractivity contribution in [1.82, 2.24) is 15.5 Å². The summed E-state index contributed by atoms with van der Waals surface area (Å²) >= 11 is 0. The molecule has 1 heterocycles. The van der Waals surface area contributed by atoms with Crippen LogP contribution in [0.3, 0.4) is 0 Å². The number of guanidine groups is 1. The molecule has 0 fully saturated rings. The third-order valence-electron chi connectivity index (χ3n) is 6.83. The molecule has 0 saturated heterocycles. The molecule has 0 unspecified atom stereocenters. The summed E-state index contributed by atoms with van der Waals surface area (Å²) in [5.74, 6) is -1.23. The normalized spacial score (nSPS) is 15.3. The van der Waals surface area contributed by atoms with Gasteiger partial charge >= 0.3 is 12.2 Å². The standard InChI is InChI=1S/C32H44N6O7/c1-17-11-22(39)12-18(2)23(17)15-24(33)27(41)38-16-20-13-21(10-9-19(20)14-25(38)26(34)40)35-28(36-29(42)44-31(3,4)5)37-30(43)45-32(6,7)8/h9-13,24-25,39H,14-16,33H2,1-8H3,(H2,34,40)(H2,35,36,37,42,43)/t24-,25-/m0/s1. The Kier molecular flexibility index (Phi) is 10.5. The van der Waals surface area contributed by atoms with E-state index in [1.807, 2.05) is 13.8 Å². The van der Waals surface area contributed by atoms with Crippen molar-refractivity contribution in [3.05, 3.63) is 58.1 Å². The van der Waals surface area contributed by atoms with Gasteiger partial charge in [0.05, 0.1) is 11.7 Å². The molecule has 0 aliphatic carbocycles. The summed E-state index contributed by atoms with van der Waals surface area (Å²) in [5.41, 5.74) is 14.7. The van der Waals surface area contributed by atoms with Crippen molar-refractivity contribution in [3.63, 3.8) is 0 Å². The van der Waals surface area contributed by atoms with E-state index in [0.29, 0.717) is 11.3 Å². The molecule has 4 amide bonds. The van der Waals surface area contributed by atoms with Crippen LogP contribution >= 0.6 is 0 Å². The molecule has 1 aliphatic rings. The number of carbonyl (C=O) groups is 4. The van der Waals surface area contributed by atoms with Gasteiger partial charge in [-0.15, -0.1) is 0 Å². The molecule has 2 aromatic rings. The number of aryl methyl sites for hydroxylation is 2. The zero-order chi connectivity index (χ0) is 33.9. The van der Waals surface area contributed by atoms with E-state index in [-0.39, 0.29) is 31.1 Å². The summed E-state index contributed by atoms with van der Waals surface area (Å²) in [6, 6.07) is 6.39. The van der Waals surface area contributed by atoms with Crippen molar-refractivity contribution in [2.75, 3.05) is 0 Å². The maximum Gasteiger partial charge on any atom is 0.414 e. The molecule has 3 rings (SSSR count). The molecule has 13 nitrogen and oxygen atoms in total.